The molecule has 1 aromatic rings. The molecule has 0 radical (unpaired) electrons. The molecule has 0 bridgehead atoms. The van der Waals surface area contributed by atoms with Gasteiger partial charge in [0.05, 0.1) is 6.04 Å². The summed E-state index contributed by atoms with van der Waals surface area (Å²) in [6.07, 6.45) is 2.06. The van der Waals surface area contributed by atoms with Crippen molar-refractivity contribution in [2.24, 2.45) is 5.73 Å². The van der Waals surface area contributed by atoms with Crippen molar-refractivity contribution in [1.82, 2.24) is 5.32 Å². The van der Waals surface area contributed by atoms with Crippen LogP contribution in [0.5, 0.6) is 0 Å². The summed E-state index contributed by atoms with van der Waals surface area (Å²) in [7, 11) is 0. The summed E-state index contributed by atoms with van der Waals surface area (Å²) in [6, 6.07) is 7.78. The second-order valence-corrected chi connectivity index (χ2v) is 6.06. The van der Waals surface area contributed by atoms with Crippen LogP contribution in [0.3, 0.4) is 0 Å². The summed E-state index contributed by atoms with van der Waals surface area (Å²) in [6.45, 7) is 2.40. The third-order valence-corrected chi connectivity index (χ3v) is 4.49. The van der Waals surface area contributed by atoms with Crippen LogP contribution in [-0.2, 0) is 4.79 Å². The van der Waals surface area contributed by atoms with E-state index < -0.39 is 6.04 Å². The van der Waals surface area contributed by atoms with Crippen molar-refractivity contribution in [3.63, 3.8) is 0 Å². The Balaban J connectivity index is 2.09. The van der Waals surface area contributed by atoms with Crippen molar-refractivity contribution in [2.75, 3.05) is 12.3 Å². The Bertz CT molecular complexity index is 385. The van der Waals surface area contributed by atoms with Gasteiger partial charge in [0, 0.05) is 15.9 Å². The summed E-state index contributed by atoms with van der Waals surface area (Å²) in [4.78, 5) is 12.5. The Hall–Kier alpha value is -0.520. The van der Waals surface area contributed by atoms with Crippen LogP contribution in [-0.4, -0.2) is 24.2 Å². The summed E-state index contributed by atoms with van der Waals surface area (Å²) >= 11 is 5.35. The Morgan fingerprint density at radius 2 is 2.17 bits per heavy atom. The fraction of sp³-hybridized carbons (Fsp3) is 0.462. The monoisotopic (exact) mass is 330 g/mol. The Labute approximate surface area is 121 Å². The minimum Gasteiger partial charge on any atom is -0.355 e. The molecular weight excluding hydrogens is 312 g/mol. The van der Waals surface area contributed by atoms with E-state index in [1.807, 2.05) is 30.0 Å². The summed E-state index contributed by atoms with van der Waals surface area (Å²) in [5.74, 6) is 0.977. The molecule has 0 aliphatic heterocycles. The highest BCUT2D eigenvalue weighted by Gasteiger charge is 2.05. The van der Waals surface area contributed by atoms with Crippen molar-refractivity contribution in [3.05, 3.63) is 28.7 Å². The molecule has 1 amide bonds. The normalized spacial score (nSPS) is 12.2. The van der Waals surface area contributed by atoms with E-state index in [0.717, 1.165) is 23.1 Å². The third-order valence-electron chi connectivity index (χ3n) is 2.38. The highest BCUT2D eigenvalue weighted by atomic mass is 79.9. The van der Waals surface area contributed by atoms with Gasteiger partial charge in [0.15, 0.2) is 0 Å². The molecule has 3 N–H and O–H groups in total. The molecule has 18 heavy (non-hydrogen) atoms. The number of carbonyl (C=O) groups is 1. The molecule has 0 fully saturated rings. The molecule has 1 atom stereocenters. The molecule has 100 valence electrons. The minimum atomic E-state index is -0.417. The van der Waals surface area contributed by atoms with Gasteiger partial charge in [-0.05, 0) is 53.6 Å². The van der Waals surface area contributed by atoms with Crippen molar-refractivity contribution < 1.29 is 4.79 Å². The third kappa shape index (κ3) is 5.89. The van der Waals surface area contributed by atoms with Crippen LogP contribution < -0.4 is 11.1 Å². The molecule has 5 heteroatoms. The first-order valence-corrected chi connectivity index (χ1v) is 7.79. The van der Waals surface area contributed by atoms with E-state index in [1.54, 1.807) is 6.92 Å². The number of hydrogen-bond donors (Lipinski definition) is 2. The first-order chi connectivity index (χ1) is 8.61. The first kappa shape index (κ1) is 15.5. The average molecular weight is 331 g/mol. The van der Waals surface area contributed by atoms with Crippen LogP contribution in [0, 0.1) is 0 Å². The lowest BCUT2D eigenvalue weighted by Gasteiger charge is -2.07. The largest absolute Gasteiger partial charge is 0.355 e. The molecule has 0 heterocycles. The van der Waals surface area contributed by atoms with Gasteiger partial charge < -0.3 is 11.1 Å². The maximum absolute atomic E-state index is 11.2. The molecule has 3 nitrogen and oxygen atoms in total. The summed E-state index contributed by atoms with van der Waals surface area (Å²) in [5, 5.41) is 2.81. The van der Waals surface area contributed by atoms with Crippen molar-refractivity contribution in [3.8, 4) is 0 Å². The highest BCUT2D eigenvalue weighted by Crippen LogP contribution is 2.27. The lowest BCUT2D eigenvalue weighted by Crippen LogP contribution is -2.38. The molecule has 0 unspecified atom stereocenters. The lowest BCUT2D eigenvalue weighted by atomic mass is 10.3. The lowest BCUT2D eigenvalue weighted by molar-refractivity contribution is -0.121. The van der Waals surface area contributed by atoms with E-state index >= 15 is 0 Å². The van der Waals surface area contributed by atoms with E-state index in [0.29, 0.717) is 6.54 Å². The second-order valence-electron chi connectivity index (χ2n) is 4.07. The van der Waals surface area contributed by atoms with Gasteiger partial charge in [-0.25, -0.2) is 0 Å². The van der Waals surface area contributed by atoms with E-state index in [1.165, 1.54) is 4.90 Å². The quantitative estimate of drug-likeness (QED) is 0.597. The number of nitrogens with one attached hydrogen (secondary N) is 1. The maximum atomic E-state index is 11.2. The molecule has 0 saturated carbocycles. The number of rotatable bonds is 7. The van der Waals surface area contributed by atoms with Crippen molar-refractivity contribution in [2.45, 2.75) is 30.7 Å². The molecule has 0 aromatic heterocycles. The number of thioether (sulfide) groups is 1. The van der Waals surface area contributed by atoms with E-state index in [9.17, 15) is 4.79 Å². The van der Waals surface area contributed by atoms with E-state index in [2.05, 4.69) is 27.3 Å². The zero-order chi connectivity index (χ0) is 13.4. The van der Waals surface area contributed by atoms with Crippen LogP contribution in [0.4, 0.5) is 0 Å². The number of unbranched alkanes of at least 4 members (excludes halogenated alkanes) is 1. The number of halogens is 1. The van der Waals surface area contributed by atoms with E-state index in [4.69, 9.17) is 5.73 Å². The Morgan fingerprint density at radius 1 is 1.44 bits per heavy atom. The van der Waals surface area contributed by atoms with Crippen LogP contribution >= 0.6 is 27.7 Å². The smallest absolute Gasteiger partial charge is 0.236 e. The van der Waals surface area contributed by atoms with Gasteiger partial charge >= 0.3 is 0 Å². The Morgan fingerprint density at radius 3 is 2.83 bits per heavy atom. The minimum absolute atomic E-state index is 0.0755. The number of nitrogens with two attached hydrogens (primary N) is 1. The van der Waals surface area contributed by atoms with Crippen molar-refractivity contribution in [1.29, 1.82) is 0 Å². The van der Waals surface area contributed by atoms with Crippen LogP contribution in [0.15, 0.2) is 33.6 Å². The zero-order valence-electron chi connectivity index (χ0n) is 10.5. The molecule has 1 aromatic carbocycles. The van der Waals surface area contributed by atoms with Crippen LogP contribution in [0.1, 0.15) is 19.8 Å². The SMILES string of the molecule is C[C@H](N)C(=O)NCCCCSc1ccccc1Br. The van der Waals surface area contributed by atoms with Gasteiger partial charge in [-0.1, -0.05) is 12.1 Å². The summed E-state index contributed by atoms with van der Waals surface area (Å²) in [5.41, 5.74) is 5.45. The number of benzene rings is 1. The Kier molecular flexibility index (Phi) is 7.39. The van der Waals surface area contributed by atoms with Crippen LogP contribution in [0.2, 0.25) is 0 Å². The average Bonchev–Trinajstić information content (AvgIpc) is 2.35. The predicted octanol–water partition coefficient (Wildman–Crippen LogP) is 2.78. The number of hydrogen-bond acceptors (Lipinski definition) is 3. The molecule has 0 aliphatic carbocycles. The number of carbonyl (C=O) groups excluding carboxylic acids is 1. The summed E-state index contributed by atoms with van der Waals surface area (Å²) < 4.78 is 1.14. The fourth-order valence-electron chi connectivity index (χ4n) is 1.34. The topological polar surface area (TPSA) is 55.1 Å². The molecule has 0 saturated heterocycles. The van der Waals surface area contributed by atoms with Gasteiger partial charge in [-0.2, -0.15) is 0 Å². The highest BCUT2D eigenvalue weighted by molar-refractivity contribution is 9.10. The second kappa shape index (κ2) is 8.56. The van der Waals surface area contributed by atoms with E-state index in [-0.39, 0.29) is 5.91 Å². The number of amides is 1. The molecule has 1 rings (SSSR count). The molecular formula is C13H19BrN2OS. The fourth-order valence-corrected chi connectivity index (χ4v) is 2.92. The zero-order valence-corrected chi connectivity index (χ0v) is 12.9. The maximum Gasteiger partial charge on any atom is 0.236 e. The standard InChI is InChI=1S/C13H19BrN2OS/c1-10(15)13(17)16-8-4-5-9-18-12-7-3-2-6-11(12)14/h2-3,6-7,10H,4-5,8-9,15H2,1H3,(H,16,17)/t10-/m0/s1. The van der Waals surface area contributed by atoms with Gasteiger partial charge in [-0.3, -0.25) is 4.79 Å². The molecule has 0 spiro atoms. The van der Waals surface area contributed by atoms with Crippen molar-refractivity contribution >= 4 is 33.6 Å². The molecule has 0 aliphatic rings. The van der Waals surface area contributed by atoms with Gasteiger partial charge in [-0.15, -0.1) is 11.8 Å². The van der Waals surface area contributed by atoms with Gasteiger partial charge in [0.25, 0.3) is 0 Å². The first-order valence-electron chi connectivity index (χ1n) is 6.02. The van der Waals surface area contributed by atoms with Gasteiger partial charge in [0.2, 0.25) is 5.91 Å². The predicted molar refractivity (Wildman–Crippen MR) is 80.8 cm³/mol. The van der Waals surface area contributed by atoms with Crippen LogP contribution in [0.25, 0.3) is 0 Å². The van der Waals surface area contributed by atoms with Gasteiger partial charge in [0.1, 0.15) is 0 Å².